The monoisotopic (exact) mass is 321 g/mol. The molecule has 0 radical (unpaired) electrons. The summed E-state index contributed by atoms with van der Waals surface area (Å²) in [6.45, 7) is 5.36. The number of imidazole rings is 1. The minimum atomic E-state index is 0.395. The number of nitrogens with zero attached hydrogens (tertiary/aromatic N) is 2. The lowest BCUT2D eigenvalue weighted by Crippen LogP contribution is -2.33. The van der Waals surface area contributed by atoms with Crippen LogP contribution in [0.5, 0.6) is 0 Å². The van der Waals surface area contributed by atoms with Crippen molar-refractivity contribution in [2.75, 3.05) is 0 Å². The van der Waals surface area contributed by atoms with Crippen LogP contribution in [0.4, 0.5) is 0 Å². The quantitative estimate of drug-likeness (QED) is 0.877. The van der Waals surface area contributed by atoms with Crippen molar-refractivity contribution >= 4 is 15.9 Å². The smallest absolute Gasteiger partial charge is 0.0946 e. The first-order chi connectivity index (χ1) is 9.19. The molecular formula is C15H20BrN3. The Labute approximate surface area is 123 Å². The first kappa shape index (κ1) is 14.3. The summed E-state index contributed by atoms with van der Waals surface area (Å²) < 4.78 is 3.23. The molecule has 0 aliphatic rings. The summed E-state index contributed by atoms with van der Waals surface area (Å²) in [6, 6.07) is 9.35. The van der Waals surface area contributed by atoms with Crippen LogP contribution in [-0.4, -0.2) is 15.6 Å². The van der Waals surface area contributed by atoms with Crippen LogP contribution < -0.4 is 5.32 Å². The standard InChI is InChI=1S/C15H20BrN3/c1-3-15(13-4-6-14(16)7-5-13)18-12(2)10-19-9-8-17-11-19/h4-9,11-12,15,18H,3,10H2,1-2H3. The lowest BCUT2D eigenvalue weighted by atomic mass is 10.0. The molecule has 2 atom stereocenters. The number of aromatic nitrogens is 2. The van der Waals surface area contributed by atoms with Crippen molar-refractivity contribution in [2.45, 2.75) is 38.9 Å². The third-order valence-corrected chi connectivity index (χ3v) is 3.74. The molecule has 3 nitrogen and oxygen atoms in total. The Morgan fingerprint density at radius 1 is 1.32 bits per heavy atom. The van der Waals surface area contributed by atoms with E-state index in [-0.39, 0.29) is 0 Å². The molecule has 2 aromatic rings. The molecule has 1 aromatic carbocycles. The Kier molecular flexibility index (Phi) is 5.16. The number of rotatable bonds is 6. The maximum atomic E-state index is 4.07. The van der Waals surface area contributed by atoms with Crippen molar-refractivity contribution in [3.8, 4) is 0 Å². The highest BCUT2D eigenvalue weighted by Gasteiger charge is 2.12. The van der Waals surface area contributed by atoms with Gasteiger partial charge < -0.3 is 9.88 Å². The lowest BCUT2D eigenvalue weighted by Gasteiger charge is -2.23. The van der Waals surface area contributed by atoms with E-state index in [2.05, 4.69) is 68.9 Å². The van der Waals surface area contributed by atoms with E-state index in [1.54, 1.807) is 0 Å². The predicted octanol–water partition coefficient (Wildman–Crippen LogP) is 3.78. The van der Waals surface area contributed by atoms with Crippen LogP contribution in [0.3, 0.4) is 0 Å². The second-order valence-corrected chi connectivity index (χ2v) is 5.76. The van der Waals surface area contributed by atoms with Crippen molar-refractivity contribution < 1.29 is 0 Å². The van der Waals surface area contributed by atoms with Gasteiger partial charge in [0.15, 0.2) is 0 Å². The van der Waals surface area contributed by atoms with Gasteiger partial charge in [0, 0.05) is 35.5 Å². The molecule has 19 heavy (non-hydrogen) atoms. The number of nitrogens with one attached hydrogen (secondary N) is 1. The average Bonchev–Trinajstić information content (AvgIpc) is 2.90. The number of hydrogen-bond donors (Lipinski definition) is 1. The molecule has 4 heteroatoms. The number of benzene rings is 1. The van der Waals surface area contributed by atoms with E-state index in [1.165, 1.54) is 5.56 Å². The third kappa shape index (κ3) is 4.18. The van der Waals surface area contributed by atoms with Gasteiger partial charge in [-0.05, 0) is 31.0 Å². The van der Waals surface area contributed by atoms with Crippen LogP contribution in [0.25, 0.3) is 0 Å². The van der Waals surface area contributed by atoms with Gasteiger partial charge in [-0.2, -0.15) is 0 Å². The van der Waals surface area contributed by atoms with Gasteiger partial charge in [0.1, 0.15) is 0 Å². The zero-order chi connectivity index (χ0) is 13.7. The SMILES string of the molecule is CCC(NC(C)Cn1ccnc1)c1ccc(Br)cc1. The fourth-order valence-electron chi connectivity index (χ4n) is 2.25. The van der Waals surface area contributed by atoms with Crippen LogP contribution in [-0.2, 0) is 6.54 Å². The molecular weight excluding hydrogens is 302 g/mol. The van der Waals surface area contributed by atoms with E-state index in [9.17, 15) is 0 Å². The normalized spacial score (nSPS) is 14.3. The van der Waals surface area contributed by atoms with E-state index in [4.69, 9.17) is 0 Å². The number of hydrogen-bond acceptors (Lipinski definition) is 2. The van der Waals surface area contributed by atoms with Gasteiger partial charge in [0.25, 0.3) is 0 Å². The fourth-order valence-corrected chi connectivity index (χ4v) is 2.52. The molecule has 0 spiro atoms. The summed E-state index contributed by atoms with van der Waals surface area (Å²) >= 11 is 3.48. The van der Waals surface area contributed by atoms with Gasteiger partial charge in [-0.25, -0.2) is 4.98 Å². The average molecular weight is 322 g/mol. The summed E-state index contributed by atoms with van der Waals surface area (Å²) in [6.07, 6.45) is 6.76. The van der Waals surface area contributed by atoms with Crippen molar-refractivity contribution in [3.05, 3.63) is 53.0 Å². The van der Waals surface area contributed by atoms with Crippen molar-refractivity contribution in [1.29, 1.82) is 0 Å². The Bertz CT molecular complexity index is 479. The van der Waals surface area contributed by atoms with Gasteiger partial charge in [0.05, 0.1) is 6.33 Å². The highest BCUT2D eigenvalue weighted by molar-refractivity contribution is 9.10. The Morgan fingerprint density at radius 2 is 2.05 bits per heavy atom. The minimum Gasteiger partial charge on any atom is -0.336 e. The second-order valence-electron chi connectivity index (χ2n) is 4.84. The Hall–Kier alpha value is -1.13. The van der Waals surface area contributed by atoms with Crippen molar-refractivity contribution in [3.63, 3.8) is 0 Å². The van der Waals surface area contributed by atoms with Crippen LogP contribution in [0.2, 0.25) is 0 Å². The molecule has 0 amide bonds. The molecule has 102 valence electrons. The second kappa shape index (κ2) is 6.87. The van der Waals surface area contributed by atoms with Crippen molar-refractivity contribution in [2.24, 2.45) is 0 Å². The zero-order valence-corrected chi connectivity index (χ0v) is 13.0. The summed E-state index contributed by atoms with van der Waals surface area (Å²) in [4.78, 5) is 4.07. The topological polar surface area (TPSA) is 29.9 Å². The zero-order valence-electron chi connectivity index (χ0n) is 11.4. The number of halogens is 1. The summed E-state index contributed by atoms with van der Waals surface area (Å²) in [7, 11) is 0. The van der Waals surface area contributed by atoms with Gasteiger partial charge in [-0.3, -0.25) is 0 Å². The predicted molar refractivity (Wildman–Crippen MR) is 82.0 cm³/mol. The molecule has 0 aliphatic carbocycles. The van der Waals surface area contributed by atoms with Crippen LogP contribution in [0.1, 0.15) is 31.9 Å². The summed E-state index contributed by atoms with van der Waals surface area (Å²) in [5, 5.41) is 3.68. The van der Waals surface area contributed by atoms with Crippen molar-refractivity contribution in [1.82, 2.24) is 14.9 Å². The first-order valence-electron chi connectivity index (χ1n) is 6.66. The molecule has 0 aliphatic heterocycles. The molecule has 2 unspecified atom stereocenters. The van der Waals surface area contributed by atoms with Gasteiger partial charge in [-0.1, -0.05) is 35.0 Å². The maximum Gasteiger partial charge on any atom is 0.0946 e. The molecule has 0 bridgehead atoms. The van der Waals surface area contributed by atoms with Crippen LogP contribution in [0.15, 0.2) is 47.5 Å². The Balaban J connectivity index is 1.96. The van der Waals surface area contributed by atoms with E-state index in [0.717, 1.165) is 17.4 Å². The molecule has 1 heterocycles. The Morgan fingerprint density at radius 3 is 2.63 bits per heavy atom. The minimum absolute atomic E-state index is 0.395. The third-order valence-electron chi connectivity index (χ3n) is 3.21. The van der Waals surface area contributed by atoms with E-state index in [0.29, 0.717) is 12.1 Å². The highest BCUT2D eigenvalue weighted by atomic mass is 79.9. The summed E-state index contributed by atoms with van der Waals surface area (Å²) in [5.74, 6) is 0. The van der Waals surface area contributed by atoms with Gasteiger partial charge in [0.2, 0.25) is 0 Å². The van der Waals surface area contributed by atoms with E-state index < -0.39 is 0 Å². The maximum absolute atomic E-state index is 4.07. The fraction of sp³-hybridized carbons (Fsp3) is 0.400. The lowest BCUT2D eigenvalue weighted by molar-refractivity contribution is 0.406. The molecule has 1 N–H and O–H groups in total. The molecule has 1 aromatic heterocycles. The van der Waals surface area contributed by atoms with Gasteiger partial charge in [-0.15, -0.1) is 0 Å². The van der Waals surface area contributed by atoms with E-state index >= 15 is 0 Å². The highest BCUT2D eigenvalue weighted by Crippen LogP contribution is 2.20. The van der Waals surface area contributed by atoms with Crippen LogP contribution >= 0.6 is 15.9 Å². The molecule has 0 saturated carbocycles. The molecule has 2 rings (SSSR count). The van der Waals surface area contributed by atoms with Gasteiger partial charge >= 0.3 is 0 Å². The summed E-state index contributed by atoms with van der Waals surface area (Å²) in [5.41, 5.74) is 1.34. The van der Waals surface area contributed by atoms with Crippen LogP contribution in [0, 0.1) is 0 Å². The molecule has 0 saturated heterocycles. The largest absolute Gasteiger partial charge is 0.336 e. The molecule has 0 fully saturated rings. The van der Waals surface area contributed by atoms with E-state index in [1.807, 2.05) is 18.7 Å². The first-order valence-corrected chi connectivity index (χ1v) is 7.45.